The van der Waals surface area contributed by atoms with Crippen molar-refractivity contribution in [2.24, 2.45) is 5.73 Å². The summed E-state index contributed by atoms with van der Waals surface area (Å²) in [5, 5.41) is 9.15. The molecule has 64 valence electrons. The number of amides is 2. The Morgan fingerprint density at radius 1 is 1.73 bits per heavy atom. The number of carbonyl (C=O) groups excluding carboxylic acids is 1. The molecule has 0 aromatic carbocycles. The molecule has 0 heterocycles. The average Bonchev–Trinajstić information content (AvgIpc) is 1.81. The summed E-state index contributed by atoms with van der Waals surface area (Å²) in [7, 11) is 0. The van der Waals surface area contributed by atoms with Crippen LogP contribution in [0.4, 0.5) is 4.79 Å². The lowest BCUT2D eigenvalue weighted by Gasteiger charge is -2.08. The Hall–Kier alpha value is -0.750. The van der Waals surface area contributed by atoms with Crippen LogP contribution >= 0.6 is 23.2 Å². The molecule has 0 aliphatic rings. The van der Waals surface area contributed by atoms with Gasteiger partial charge in [-0.25, -0.2) is 14.9 Å². The summed E-state index contributed by atoms with van der Waals surface area (Å²) < 4.78 is 0. The van der Waals surface area contributed by atoms with E-state index in [9.17, 15) is 14.9 Å². The highest BCUT2D eigenvalue weighted by molar-refractivity contribution is 6.44. The first-order valence-electron chi connectivity index (χ1n) is 2.44. The highest BCUT2D eigenvalue weighted by Gasteiger charge is 2.23. The maximum Gasteiger partial charge on any atom is 0.372 e. The van der Waals surface area contributed by atoms with Gasteiger partial charge in [0.25, 0.3) is 0 Å². The number of nitrogens with two attached hydrogens (primary N) is 1. The van der Waals surface area contributed by atoms with Crippen molar-refractivity contribution in [3.63, 3.8) is 0 Å². The number of urea groups is 1. The van der Waals surface area contributed by atoms with E-state index < -0.39 is 22.4 Å². The molecule has 0 atom stereocenters. The van der Waals surface area contributed by atoms with Gasteiger partial charge < -0.3 is 5.73 Å². The lowest BCUT2D eigenvalue weighted by atomic mass is 10.7. The normalized spacial score (nSPS) is 9.73. The second-order valence-corrected chi connectivity index (χ2v) is 2.83. The van der Waals surface area contributed by atoms with Crippen molar-refractivity contribution < 1.29 is 9.83 Å². The molecule has 11 heavy (non-hydrogen) atoms. The number of hydrogen-bond donors (Lipinski definition) is 1. The van der Waals surface area contributed by atoms with E-state index in [2.05, 4.69) is 5.73 Å². The van der Waals surface area contributed by atoms with Crippen LogP contribution in [0.15, 0.2) is 0 Å². The first-order valence-corrected chi connectivity index (χ1v) is 3.32. The first-order chi connectivity index (χ1) is 4.95. The Morgan fingerprint density at radius 2 is 2.18 bits per heavy atom. The monoisotopic (exact) mass is 201 g/mol. The van der Waals surface area contributed by atoms with Crippen molar-refractivity contribution >= 4 is 29.2 Å². The SMILES string of the molecule is NC(=O)N(CC(Cl)Cl)[N+](=O)[O-]. The summed E-state index contributed by atoms with van der Waals surface area (Å²) in [5.41, 5.74) is 4.61. The second-order valence-electron chi connectivity index (χ2n) is 1.55. The minimum Gasteiger partial charge on any atom is -0.347 e. The fraction of sp³-hybridized carbons (Fsp3) is 0.667. The molecule has 0 spiro atoms. The highest BCUT2D eigenvalue weighted by Crippen LogP contribution is 2.04. The predicted molar refractivity (Wildman–Crippen MR) is 38.8 cm³/mol. The molecule has 0 aromatic heterocycles. The molecule has 0 fully saturated rings. The van der Waals surface area contributed by atoms with E-state index in [0.717, 1.165) is 0 Å². The number of nitrogens with zero attached hydrogens (tertiary/aromatic N) is 2. The number of halogens is 2. The van der Waals surface area contributed by atoms with Crippen molar-refractivity contribution in [1.29, 1.82) is 0 Å². The zero-order valence-corrected chi connectivity index (χ0v) is 6.75. The van der Waals surface area contributed by atoms with E-state index in [1.54, 1.807) is 0 Å². The van der Waals surface area contributed by atoms with Crippen molar-refractivity contribution in [2.75, 3.05) is 6.54 Å². The van der Waals surface area contributed by atoms with Crippen molar-refractivity contribution in [1.82, 2.24) is 5.01 Å². The molecule has 6 nitrogen and oxygen atoms in total. The molecule has 0 bridgehead atoms. The molecule has 0 saturated carbocycles. The van der Waals surface area contributed by atoms with Crippen molar-refractivity contribution in [3.8, 4) is 0 Å². The Labute approximate surface area is 72.0 Å². The Kier molecular flexibility index (Phi) is 3.91. The average molecular weight is 202 g/mol. The molecule has 8 heteroatoms. The van der Waals surface area contributed by atoms with E-state index in [4.69, 9.17) is 23.2 Å². The molecular weight excluding hydrogens is 197 g/mol. The summed E-state index contributed by atoms with van der Waals surface area (Å²) in [5.74, 6) is 0. The van der Waals surface area contributed by atoms with Gasteiger partial charge in [0.2, 0.25) is 0 Å². The smallest absolute Gasteiger partial charge is 0.347 e. The Balaban J connectivity index is 4.12. The Bertz CT molecular complexity index is 159. The van der Waals surface area contributed by atoms with E-state index in [-0.39, 0.29) is 5.01 Å². The zero-order chi connectivity index (χ0) is 9.02. The van der Waals surface area contributed by atoms with Gasteiger partial charge in [-0.05, 0) is 5.01 Å². The number of nitro groups is 1. The van der Waals surface area contributed by atoms with Gasteiger partial charge in [-0.15, -0.1) is 23.2 Å². The van der Waals surface area contributed by atoms with Gasteiger partial charge in [0.15, 0.2) is 5.03 Å². The van der Waals surface area contributed by atoms with Crippen molar-refractivity contribution in [2.45, 2.75) is 4.84 Å². The van der Waals surface area contributed by atoms with Gasteiger partial charge >= 0.3 is 6.03 Å². The summed E-state index contributed by atoms with van der Waals surface area (Å²) >= 11 is 10.3. The van der Waals surface area contributed by atoms with Crippen LogP contribution in [0.3, 0.4) is 0 Å². The van der Waals surface area contributed by atoms with Crippen LogP contribution in [0.1, 0.15) is 0 Å². The number of carbonyl (C=O) groups is 1. The van der Waals surface area contributed by atoms with Gasteiger partial charge in [-0.2, -0.15) is 0 Å². The van der Waals surface area contributed by atoms with E-state index in [1.807, 2.05) is 0 Å². The fourth-order valence-corrected chi connectivity index (χ4v) is 0.629. The highest BCUT2D eigenvalue weighted by atomic mass is 35.5. The van der Waals surface area contributed by atoms with Gasteiger partial charge in [0.05, 0.1) is 0 Å². The lowest BCUT2D eigenvalue weighted by molar-refractivity contribution is -0.631. The Morgan fingerprint density at radius 3 is 2.27 bits per heavy atom. The molecule has 0 aliphatic carbocycles. The predicted octanol–water partition coefficient (Wildman–Crippen LogP) is 0.363. The molecule has 0 aromatic rings. The number of primary amides is 1. The minimum absolute atomic E-state index is 0.130. The fourth-order valence-electron chi connectivity index (χ4n) is 0.368. The molecule has 0 saturated heterocycles. The summed E-state index contributed by atoms with van der Waals surface area (Å²) in [6, 6.07) is -1.19. The number of hydrazine groups is 1. The molecule has 0 radical (unpaired) electrons. The third-order valence-corrected chi connectivity index (χ3v) is 1.04. The van der Waals surface area contributed by atoms with Crippen molar-refractivity contribution in [3.05, 3.63) is 10.1 Å². The van der Waals surface area contributed by atoms with Crippen LogP contribution in [0, 0.1) is 10.1 Å². The summed E-state index contributed by atoms with van der Waals surface area (Å²) in [6.45, 7) is -0.425. The lowest BCUT2D eigenvalue weighted by Crippen LogP contribution is -2.42. The quantitative estimate of drug-likeness (QED) is 0.407. The third-order valence-electron chi connectivity index (χ3n) is 0.762. The number of alkyl halides is 2. The molecule has 2 amide bonds. The minimum atomic E-state index is -1.19. The van der Waals surface area contributed by atoms with Crippen LogP contribution in [0.2, 0.25) is 0 Å². The molecule has 0 unspecified atom stereocenters. The molecule has 2 N–H and O–H groups in total. The summed E-state index contributed by atoms with van der Waals surface area (Å²) in [4.78, 5) is 19.2. The van der Waals surface area contributed by atoms with Crippen LogP contribution < -0.4 is 5.73 Å². The first kappa shape index (κ1) is 10.2. The van der Waals surface area contributed by atoms with E-state index in [1.165, 1.54) is 0 Å². The largest absolute Gasteiger partial charge is 0.372 e. The topological polar surface area (TPSA) is 89.5 Å². The van der Waals surface area contributed by atoms with Gasteiger partial charge in [-0.1, -0.05) is 0 Å². The zero-order valence-electron chi connectivity index (χ0n) is 5.24. The van der Waals surface area contributed by atoms with Gasteiger partial charge in [-0.3, -0.25) is 0 Å². The second kappa shape index (κ2) is 4.20. The van der Waals surface area contributed by atoms with Gasteiger partial charge in [0, 0.05) is 0 Å². The third kappa shape index (κ3) is 3.84. The van der Waals surface area contributed by atoms with Crippen LogP contribution in [0.5, 0.6) is 0 Å². The standard InChI is InChI=1S/C3H5Cl2N3O3/c4-2(5)1-7(3(6)9)8(10)11/h2H,1H2,(H2,6,9). The van der Waals surface area contributed by atoms with Crippen LogP contribution in [-0.4, -0.2) is 27.5 Å². The summed E-state index contributed by atoms with van der Waals surface area (Å²) in [6.07, 6.45) is 0. The maximum absolute atomic E-state index is 10.3. The van der Waals surface area contributed by atoms with Crippen LogP contribution in [0.25, 0.3) is 0 Å². The maximum atomic E-state index is 10.3. The molecule has 0 rings (SSSR count). The van der Waals surface area contributed by atoms with E-state index >= 15 is 0 Å². The van der Waals surface area contributed by atoms with Crippen LogP contribution in [-0.2, 0) is 0 Å². The number of rotatable bonds is 3. The number of hydrogen-bond acceptors (Lipinski definition) is 3. The molecular formula is C3H5Cl2N3O3. The van der Waals surface area contributed by atoms with E-state index in [0.29, 0.717) is 0 Å². The molecule has 0 aliphatic heterocycles. The van der Waals surface area contributed by atoms with Gasteiger partial charge in [0.1, 0.15) is 11.4 Å².